The molecule has 0 aromatic heterocycles. The van der Waals surface area contributed by atoms with Gasteiger partial charge in [-0.2, -0.15) is 0 Å². The maximum Gasteiger partial charge on any atom is 2.00 e. The Morgan fingerprint density at radius 2 is 1.67 bits per heavy atom. The summed E-state index contributed by atoms with van der Waals surface area (Å²) in [5.74, 6) is 0. The van der Waals surface area contributed by atoms with E-state index in [1.54, 1.807) is 19.0 Å². The van der Waals surface area contributed by atoms with Gasteiger partial charge in [0.2, 0.25) is 0 Å². The summed E-state index contributed by atoms with van der Waals surface area (Å²) in [6.07, 6.45) is 0. The minimum absolute atomic E-state index is 0. The zero-order valence-electron chi connectivity index (χ0n) is 3.96. The van der Waals surface area contributed by atoms with E-state index in [1.165, 1.54) is 0 Å². The molecule has 0 spiro atoms. The van der Waals surface area contributed by atoms with E-state index in [9.17, 15) is 0 Å². The van der Waals surface area contributed by atoms with Gasteiger partial charge in [0.05, 0.1) is 6.73 Å². The van der Waals surface area contributed by atoms with Crippen molar-refractivity contribution < 1.29 is 22.2 Å². The van der Waals surface area contributed by atoms with Crippen LogP contribution in [0, 0.1) is 0 Å². The topological polar surface area (TPSA) is 23.5 Å². The summed E-state index contributed by atoms with van der Waals surface area (Å²) in [5.41, 5.74) is 0. The van der Waals surface area contributed by atoms with E-state index in [1.807, 2.05) is 0 Å². The molecule has 0 fully saturated rings. The first-order chi connectivity index (χ1) is 2.27. The first-order valence-corrected chi connectivity index (χ1v) is 1.53. The zero-order chi connectivity index (χ0) is 4.28. The van der Waals surface area contributed by atoms with E-state index in [-0.39, 0.29) is 23.8 Å². The summed E-state index contributed by atoms with van der Waals surface area (Å²) in [6, 6.07) is 0. The minimum Gasteiger partial charge on any atom is -0.381 e. The number of aliphatic hydroxyl groups is 1. The van der Waals surface area contributed by atoms with E-state index in [0.717, 1.165) is 0 Å². The molecule has 3 heteroatoms. The fourth-order valence-electron chi connectivity index (χ4n) is 0. The zero-order valence-corrected chi connectivity index (χ0v) is 5.06. The van der Waals surface area contributed by atoms with Crippen molar-refractivity contribution in [2.24, 2.45) is 0 Å². The molecule has 1 N–H and O–H groups in total. The average Bonchev–Trinajstić information content (AvgIpc) is 1.38. The quantitative estimate of drug-likeness (QED) is 0.382. The SMILES string of the molecule is CN(C)CO.[Fe+2]. The predicted molar refractivity (Wildman–Crippen MR) is 20.8 cm³/mol. The van der Waals surface area contributed by atoms with Gasteiger partial charge in [-0.1, -0.05) is 0 Å². The van der Waals surface area contributed by atoms with Crippen molar-refractivity contribution in [3.05, 3.63) is 0 Å². The first-order valence-electron chi connectivity index (χ1n) is 1.53. The molecule has 0 rings (SSSR count). The molecule has 0 aliphatic carbocycles. The molecule has 38 valence electrons. The molecule has 2 nitrogen and oxygen atoms in total. The van der Waals surface area contributed by atoms with Gasteiger partial charge in [0, 0.05) is 0 Å². The van der Waals surface area contributed by atoms with Crippen LogP contribution in [0.3, 0.4) is 0 Å². The third-order valence-corrected chi connectivity index (χ3v) is 0.283. The third-order valence-electron chi connectivity index (χ3n) is 0.283. The smallest absolute Gasteiger partial charge is 0.381 e. The maximum atomic E-state index is 8.07. The molecule has 0 amide bonds. The van der Waals surface area contributed by atoms with Gasteiger partial charge in [-0.3, -0.25) is 4.90 Å². The van der Waals surface area contributed by atoms with Crippen molar-refractivity contribution in [1.29, 1.82) is 0 Å². The summed E-state index contributed by atoms with van der Waals surface area (Å²) < 4.78 is 0. The predicted octanol–water partition coefficient (Wildman–Crippen LogP) is -0.505. The van der Waals surface area contributed by atoms with Crippen LogP contribution in [0.1, 0.15) is 0 Å². The molecule has 0 bridgehead atoms. The molecule has 0 aliphatic rings. The third kappa shape index (κ3) is 8.83. The molecule has 0 saturated carbocycles. The Morgan fingerprint density at radius 3 is 1.67 bits per heavy atom. The van der Waals surface area contributed by atoms with E-state index in [2.05, 4.69) is 0 Å². The molecular weight excluding hydrogens is 122 g/mol. The number of hydrogen-bond acceptors (Lipinski definition) is 2. The van der Waals surface area contributed by atoms with Crippen molar-refractivity contribution in [3.8, 4) is 0 Å². The van der Waals surface area contributed by atoms with Gasteiger partial charge in [-0.25, -0.2) is 0 Å². The maximum absolute atomic E-state index is 8.07. The summed E-state index contributed by atoms with van der Waals surface area (Å²) in [7, 11) is 3.61. The van der Waals surface area contributed by atoms with Crippen LogP contribution < -0.4 is 0 Å². The monoisotopic (exact) mass is 131 g/mol. The van der Waals surface area contributed by atoms with Crippen LogP contribution in [-0.4, -0.2) is 30.8 Å². The van der Waals surface area contributed by atoms with Crippen LogP contribution in [-0.2, 0) is 17.1 Å². The van der Waals surface area contributed by atoms with E-state index in [4.69, 9.17) is 5.11 Å². The number of hydrogen-bond donors (Lipinski definition) is 1. The van der Waals surface area contributed by atoms with Crippen LogP contribution in [0.25, 0.3) is 0 Å². The number of aliphatic hydroxyl groups excluding tert-OH is 1. The largest absolute Gasteiger partial charge is 2.00 e. The van der Waals surface area contributed by atoms with Crippen molar-refractivity contribution in [3.63, 3.8) is 0 Å². The summed E-state index contributed by atoms with van der Waals surface area (Å²) in [4.78, 5) is 1.68. The second kappa shape index (κ2) is 5.44. The van der Waals surface area contributed by atoms with E-state index >= 15 is 0 Å². The summed E-state index contributed by atoms with van der Waals surface area (Å²) >= 11 is 0. The van der Waals surface area contributed by atoms with Gasteiger partial charge in [0.25, 0.3) is 0 Å². The van der Waals surface area contributed by atoms with Gasteiger partial charge in [-0.15, -0.1) is 0 Å². The average molecular weight is 131 g/mol. The van der Waals surface area contributed by atoms with Gasteiger partial charge in [0.15, 0.2) is 0 Å². The molecule has 0 saturated heterocycles. The standard InChI is InChI=1S/C3H9NO.Fe/c1-4(2)3-5;/h5H,3H2,1-2H3;/q;+2. The van der Waals surface area contributed by atoms with Crippen molar-refractivity contribution in [1.82, 2.24) is 4.90 Å². The number of nitrogens with zero attached hydrogens (tertiary/aromatic N) is 1. The molecule has 6 heavy (non-hydrogen) atoms. The first kappa shape index (κ1) is 9.67. The second-order valence-electron chi connectivity index (χ2n) is 1.22. The fourth-order valence-corrected chi connectivity index (χ4v) is 0. The second-order valence-corrected chi connectivity index (χ2v) is 1.22. The Morgan fingerprint density at radius 1 is 1.50 bits per heavy atom. The Balaban J connectivity index is 0. The van der Waals surface area contributed by atoms with Crippen LogP contribution in [0.15, 0.2) is 0 Å². The summed E-state index contributed by atoms with van der Waals surface area (Å²) in [6.45, 7) is 0.139. The van der Waals surface area contributed by atoms with Crippen molar-refractivity contribution in [2.45, 2.75) is 0 Å². The van der Waals surface area contributed by atoms with Crippen LogP contribution in [0.2, 0.25) is 0 Å². The molecule has 0 aliphatic heterocycles. The summed E-state index contributed by atoms with van der Waals surface area (Å²) in [5, 5.41) is 8.07. The molecule has 0 radical (unpaired) electrons. The van der Waals surface area contributed by atoms with Crippen LogP contribution in [0.5, 0.6) is 0 Å². The van der Waals surface area contributed by atoms with Gasteiger partial charge in [0.1, 0.15) is 0 Å². The van der Waals surface area contributed by atoms with E-state index < -0.39 is 0 Å². The molecule has 0 aromatic rings. The van der Waals surface area contributed by atoms with Gasteiger partial charge >= 0.3 is 17.1 Å². The Bertz CT molecular complexity index is 24.8. The molecule has 0 heterocycles. The Hall–Kier alpha value is 0.439. The van der Waals surface area contributed by atoms with Crippen LogP contribution in [0.4, 0.5) is 0 Å². The van der Waals surface area contributed by atoms with Crippen molar-refractivity contribution >= 4 is 0 Å². The Labute approximate surface area is 48.6 Å². The van der Waals surface area contributed by atoms with E-state index in [0.29, 0.717) is 0 Å². The van der Waals surface area contributed by atoms with Gasteiger partial charge in [-0.05, 0) is 14.1 Å². The van der Waals surface area contributed by atoms with Crippen LogP contribution >= 0.6 is 0 Å². The Kier molecular flexibility index (Phi) is 8.76. The molecule has 0 unspecified atom stereocenters. The fraction of sp³-hybridized carbons (Fsp3) is 1.00. The normalized spacial score (nSPS) is 8.00. The van der Waals surface area contributed by atoms with Gasteiger partial charge < -0.3 is 5.11 Å². The minimum atomic E-state index is 0. The molecule has 0 aromatic carbocycles. The number of rotatable bonds is 1. The van der Waals surface area contributed by atoms with Crippen molar-refractivity contribution in [2.75, 3.05) is 20.8 Å². The molecular formula is C3H9FeNO+2. The molecule has 0 atom stereocenters.